The van der Waals surface area contributed by atoms with Crippen molar-refractivity contribution in [1.82, 2.24) is 9.61 Å². The summed E-state index contributed by atoms with van der Waals surface area (Å²) >= 11 is 0. The molecular weight excluding hydrogens is 260 g/mol. The van der Waals surface area contributed by atoms with Gasteiger partial charge in [-0.05, 0) is 25.0 Å². The average Bonchev–Trinajstić information content (AvgIpc) is 2.87. The van der Waals surface area contributed by atoms with Gasteiger partial charge in [0.1, 0.15) is 5.56 Å². The van der Waals surface area contributed by atoms with Gasteiger partial charge >= 0.3 is 5.97 Å². The summed E-state index contributed by atoms with van der Waals surface area (Å²) in [4.78, 5) is 11.7. The molecule has 2 aromatic rings. The van der Waals surface area contributed by atoms with Gasteiger partial charge in [-0.3, -0.25) is 0 Å². The maximum Gasteiger partial charge on any atom is 0.341 e. The number of nitrogens with zero attached hydrogens (tertiary/aromatic N) is 2. The van der Waals surface area contributed by atoms with Crippen molar-refractivity contribution in [3.8, 4) is 0 Å². The highest BCUT2D eigenvalue weighted by Crippen LogP contribution is 2.13. The van der Waals surface area contributed by atoms with Gasteiger partial charge in [0.25, 0.3) is 0 Å². The molecule has 0 amide bonds. The number of pyridine rings is 1. The molecule has 6 heteroatoms. The van der Waals surface area contributed by atoms with Gasteiger partial charge in [0.05, 0.1) is 38.1 Å². The lowest BCUT2D eigenvalue weighted by Gasteiger charge is -2.04. The number of hydrogen-bond acceptors (Lipinski definition) is 5. The van der Waals surface area contributed by atoms with Crippen LogP contribution in [0.4, 0.5) is 0 Å². The van der Waals surface area contributed by atoms with E-state index in [-0.39, 0.29) is 12.6 Å². The van der Waals surface area contributed by atoms with E-state index < -0.39 is 0 Å². The van der Waals surface area contributed by atoms with Gasteiger partial charge in [0.2, 0.25) is 0 Å². The molecule has 1 N–H and O–H groups in total. The molecule has 2 aromatic heterocycles. The highest BCUT2D eigenvalue weighted by Gasteiger charge is 2.13. The highest BCUT2D eigenvalue weighted by atomic mass is 16.5. The molecule has 0 fully saturated rings. The predicted molar refractivity (Wildman–Crippen MR) is 72.8 cm³/mol. The Hall–Kier alpha value is -1.92. The Morgan fingerprint density at radius 1 is 1.40 bits per heavy atom. The highest BCUT2D eigenvalue weighted by molar-refractivity contribution is 5.96. The van der Waals surface area contributed by atoms with Crippen molar-refractivity contribution in [2.24, 2.45) is 0 Å². The third-order valence-corrected chi connectivity index (χ3v) is 2.84. The summed E-state index contributed by atoms with van der Waals surface area (Å²) in [5.41, 5.74) is 2.24. The summed E-state index contributed by atoms with van der Waals surface area (Å²) < 4.78 is 11.9. The van der Waals surface area contributed by atoms with Crippen LogP contribution >= 0.6 is 0 Å². The second-order valence-electron chi connectivity index (χ2n) is 4.23. The zero-order valence-electron chi connectivity index (χ0n) is 11.4. The molecule has 0 bridgehead atoms. The van der Waals surface area contributed by atoms with Crippen LogP contribution in [0.1, 0.15) is 22.8 Å². The van der Waals surface area contributed by atoms with Gasteiger partial charge < -0.3 is 14.6 Å². The number of hydrogen-bond donors (Lipinski definition) is 1. The number of carbonyl (C=O) groups is 1. The first-order chi connectivity index (χ1) is 9.76. The smallest absolute Gasteiger partial charge is 0.341 e. The molecule has 2 rings (SSSR count). The molecule has 108 valence electrons. The number of rotatable bonds is 7. The summed E-state index contributed by atoms with van der Waals surface area (Å²) in [5, 5.41) is 12.8. The Bertz CT molecular complexity index is 580. The predicted octanol–water partition coefficient (Wildman–Crippen LogP) is 1.06. The van der Waals surface area contributed by atoms with E-state index in [1.54, 1.807) is 11.4 Å². The van der Waals surface area contributed by atoms with Gasteiger partial charge in [-0.25, -0.2) is 9.31 Å². The Kier molecular flexibility index (Phi) is 5.09. The average molecular weight is 278 g/mol. The third kappa shape index (κ3) is 3.34. The molecule has 0 saturated carbocycles. The topological polar surface area (TPSA) is 73.1 Å². The van der Waals surface area contributed by atoms with Gasteiger partial charge in [0.15, 0.2) is 0 Å². The van der Waals surface area contributed by atoms with Crippen molar-refractivity contribution in [3.05, 3.63) is 35.7 Å². The van der Waals surface area contributed by atoms with E-state index in [1.807, 2.05) is 18.3 Å². The van der Waals surface area contributed by atoms with Crippen LogP contribution in [0, 0.1) is 0 Å². The molecular formula is C14H18N2O4. The molecule has 0 aliphatic rings. The van der Waals surface area contributed by atoms with Crippen molar-refractivity contribution in [3.63, 3.8) is 0 Å². The SMILES string of the molecule is CCOC(=O)c1cnn2cc(CCOCCO)ccc12. The number of aliphatic hydroxyl groups is 1. The van der Waals surface area contributed by atoms with Crippen molar-refractivity contribution in [2.75, 3.05) is 26.4 Å². The standard InChI is InChI=1S/C14H18N2O4/c1-2-20-14(18)12-9-15-16-10-11(3-4-13(12)16)5-7-19-8-6-17/h3-4,9-10,17H,2,5-8H2,1H3. The normalized spacial score (nSPS) is 10.9. The van der Waals surface area contributed by atoms with Crippen molar-refractivity contribution < 1.29 is 19.4 Å². The van der Waals surface area contributed by atoms with Gasteiger partial charge in [-0.1, -0.05) is 6.07 Å². The lowest BCUT2D eigenvalue weighted by Crippen LogP contribution is -2.05. The molecule has 0 aromatic carbocycles. The van der Waals surface area contributed by atoms with Crippen molar-refractivity contribution in [2.45, 2.75) is 13.3 Å². The number of aromatic nitrogens is 2. The summed E-state index contributed by atoms with van der Waals surface area (Å²) in [6.07, 6.45) is 4.10. The number of esters is 1. The fourth-order valence-corrected chi connectivity index (χ4v) is 1.90. The number of fused-ring (bicyclic) bond motifs is 1. The van der Waals surface area contributed by atoms with Gasteiger partial charge in [0, 0.05) is 6.20 Å². The minimum atomic E-state index is -0.360. The molecule has 2 heterocycles. The first kappa shape index (κ1) is 14.5. The Morgan fingerprint density at radius 3 is 3.00 bits per heavy atom. The van der Waals surface area contributed by atoms with Crippen LogP contribution in [0.5, 0.6) is 0 Å². The van der Waals surface area contributed by atoms with E-state index in [0.717, 1.165) is 17.5 Å². The Balaban J connectivity index is 2.09. The zero-order chi connectivity index (χ0) is 14.4. The first-order valence-corrected chi connectivity index (χ1v) is 6.58. The Labute approximate surface area is 116 Å². The summed E-state index contributed by atoms with van der Waals surface area (Å²) in [6.45, 7) is 3.03. The lowest BCUT2D eigenvalue weighted by molar-refractivity contribution is 0.0528. The van der Waals surface area contributed by atoms with Crippen LogP contribution in [-0.4, -0.2) is 47.1 Å². The van der Waals surface area contributed by atoms with E-state index in [9.17, 15) is 4.79 Å². The summed E-state index contributed by atoms with van der Waals surface area (Å²) in [5.74, 6) is -0.360. The summed E-state index contributed by atoms with van der Waals surface area (Å²) in [7, 11) is 0. The third-order valence-electron chi connectivity index (χ3n) is 2.84. The van der Waals surface area contributed by atoms with E-state index in [1.165, 1.54) is 6.20 Å². The minimum Gasteiger partial charge on any atom is -0.462 e. The molecule has 0 spiro atoms. The fraction of sp³-hybridized carbons (Fsp3) is 0.429. The van der Waals surface area contributed by atoms with Crippen molar-refractivity contribution >= 4 is 11.5 Å². The van der Waals surface area contributed by atoms with Crippen molar-refractivity contribution in [1.29, 1.82) is 0 Å². The van der Waals surface area contributed by atoms with Crippen LogP contribution in [0.15, 0.2) is 24.5 Å². The fourth-order valence-electron chi connectivity index (χ4n) is 1.90. The maximum atomic E-state index is 11.7. The second kappa shape index (κ2) is 7.02. The Morgan fingerprint density at radius 2 is 2.25 bits per heavy atom. The van der Waals surface area contributed by atoms with E-state index in [2.05, 4.69) is 5.10 Å². The lowest BCUT2D eigenvalue weighted by atomic mass is 10.2. The molecule has 0 radical (unpaired) electrons. The van der Waals surface area contributed by atoms with Gasteiger partial charge in [-0.2, -0.15) is 5.10 Å². The molecule has 0 unspecified atom stereocenters. The van der Waals surface area contributed by atoms with Crippen LogP contribution in [0.2, 0.25) is 0 Å². The first-order valence-electron chi connectivity index (χ1n) is 6.58. The molecule has 0 saturated heterocycles. The van der Waals surface area contributed by atoms with Crippen LogP contribution in [0.3, 0.4) is 0 Å². The maximum absolute atomic E-state index is 11.7. The summed E-state index contributed by atoms with van der Waals surface area (Å²) in [6, 6.07) is 3.78. The second-order valence-corrected chi connectivity index (χ2v) is 4.23. The number of carbonyl (C=O) groups excluding carboxylic acids is 1. The van der Waals surface area contributed by atoms with E-state index >= 15 is 0 Å². The minimum absolute atomic E-state index is 0.0289. The van der Waals surface area contributed by atoms with Crippen LogP contribution < -0.4 is 0 Å². The van der Waals surface area contributed by atoms with Gasteiger partial charge in [-0.15, -0.1) is 0 Å². The molecule has 0 aliphatic heterocycles. The van der Waals surface area contributed by atoms with Crippen LogP contribution in [0.25, 0.3) is 5.52 Å². The quantitative estimate of drug-likeness (QED) is 0.605. The van der Waals surface area contributed by atoms with E-state index in [4.69, 9.17) is 14.6 Å². The number of aliphatic hydroxyl groups excluding tert-OH is 1. The van der Waals surface area contributed by atoms with Crippen LogP contribution in [-0.2, 0) is 15.9 Å². The monoisotopic (exact) mass is 278 g/mol. The molecule has 20 heavy (non-hydrogen) atoms. The molecule has 0 atom stereocenters. The molecule has 6 nitrogen and oxygen atoms in total. The van der Waals surface area contributed by atoms with E-state index in [0.29, 0.717) is 25.4 Å². The zero-order valence-corrected chi connectivity index (χ0v) is 11.4. The number of ether oxygens (including phenoxy) is 2. The largest absolute Gasteiger partial charge is 0.462 e. The molecule has 0 aliphatic carbocycles.